The number of nitrogens with zero attached hydrogens (tertiary/aromatic N) is 3. The lowest BCUT2D eigenvalue weighted by Gasteiger charge is -2.17. The molecule has 21 heavy (non-hydrogen) atoms. The van der Waals surface area contributed by atoms with Crippen LogP contribution in [0.2, 0.25) is 0 Å². The summed E-state index contributed by atoms with van der Waals surface area (Å²) in [5.41, 5.74) is 0. The predicted octanol–water partition coefficient (Wildman–Crippen LogP) is 3.38. The Morgan fingerprint density at radius 3 is 2.95 bits per heavy atom. The van der Waals surface area contributed by atoms with E-state index in [0.717, 1.165) is 27.3 Å². The van der Waals surface area contributed by atoms with Gasteiger partial charge >= 0.3 is 0 Å². The molecule has 0 aliphatic carbocycles. The molecule has 0 aromatic carbocycles. The molecular formula is C13H17BrN4OS2. The smallest absolute Gasteiger partial charge is 0.242 e. The Morgan fingerprint density at radius 2 is 2.33 bits per heavy atom. The molecule has 1 amide bonds. The van der Waals surface area contributed by atoms with Crippen LogP contribution in [0.4, 0.5) is 0 Å². The standard InChI is InChI=1S/C13H17BrN4OS2/c1-3-4-11-15-16-13(20)18(11)8-12(19)17(2)7-9-5-6-10(14)21-9/h5-6H,3-4,7-8H2,1-2H3,(H,16,20). The number of carbonyl (C=O) groups is 1. The van der Waals surface area contributed by atoms with Gasteiger partial charge in [-0.2, -0.15) is 5.10 Å². The van der Waals surface area contributed by atoms with Crippen LogP contribution in [0.1, 0.15) is 24.0 Å². The van der Waals surface area contributed by atoms with E-state index in [1.807, 2.05) is 12.1 Å². The molecule has 0 radical (unpaired) electrons. The SMILES string of the molecule is CCCc1n[nH]c(=S)n1CC(=O)N(C)Cc1ccc(Br)s1. The monoisotopic (exact) mass is 388 g/mol. The highest BCUT2D eigenvalue weighted by Gasteiger charge is 2.14. The number of aromatic amines is 1. The number of thiophene rings is 1. The molecule has 5 nitrogen and oxygen atoms in total. The summed E-state index contributed by atoms with van der Waals surface area (Å²) in [6.07, 6.45) is 1.77. The average Bonchev–Trinajstić information content (AvgIpc) is 2.99. The van der Waals surface area contributed by atoms with Gasteiger partial charge in [-0.05, 0) is 46.7 Å². The van der Waals surface area contributed by atoms with E-state index >= 15 is 0 Å². The average molecular weight is 389 g/mol. The fourth-order valence-corrected chi connectivity index (χ4v) is 3.69. The first-order chi connectivity index (χ1) is 10.0. The molecule has 8 heteroatoms. The van der Waals surface area contributed by atoms with E-state index in [-0.39, 0.29) is 12.5 Å². The van der Waals surface area contributed by atoms with Gasteiger partial charge < -0.3 is 4.90 Å². The molecule has 0 fully saturated rings. The Labute approximate surface area is 141 Å². The van der Waals surface area contributed by atoms with Gasteiger partial charge in [-0.25, -0.2) is 0 Å². The number of carbonyl (C=O) groups excluding carboxylic acids is 1. The Bertz CT molecular complexity index is 676. The number of hydrogen-bond donors (Lipinski definition) is 1. The number of aryl methyl sites for hydroxylation is 1. The summed E-state index contributed by atoms with van der Waals surface area (Å²) in [5, 5.41) is 6.94. The van der Waals surface area contributed by atoms with Gasteiger partial charge in [0.25, 0.3) is 0 Å². The number of hydrogen-bond acceptors (Lipinski definition) is 4. The maximum atomic E-state index is 12.3. The largest absolute Gasteiger partial charge is 0.339 e. The zero-order chi connectivity index (χ0) is 15.4. The molecule has 0 bridgehead atoms. The number of H-pyrrole nitrogens is 1. The van der Waals surface area contributed by atoms with Crippen LogP contribution in [-0.4, -0.2) is 32.6 Å². The summed E-state index contributed by atoms with van der Waals surface area (Å²) in [7, 11) is 1.80. The van der Waals surface area contributed by atoms with Crippen LogP contribution in [0.15, 0.2) is 15.9 Å². The van der Waals surface area contributed by atoms with Crippen molar-refractivity contribution in [3.8, 4) is 0 Å². The molecule has 0 aliphatic heterocycles. The number of aromatic nitrogens is 3. The third kappa shape index (κ3) is 4.24. The van der Waals surface area contributed by atoms with Crippen LogP contribution in [0.25, 0.3) is 0 Å². The van der Waals surface area contributed by atoms with Crippen LogP contribution in [0.3, 0.4) is 0 Å². The molecule has 0 spiro atoms. The zero-order valence-electron chi connectivity index (χ0n) is 11.9. The van der Waals surface area contributed by atoms with Gasteiger partial charge in [0, 0.05) is 18.3 Å². The van der Waals surface area contributed by atoms with Crippen molar-refractivity contribution in [1.29, 1.82) is 0 Å². The molecule has 0 saturated heterocycles. The van der Waals surface area contributed by atoms with Crippen LogP contribution in [-0.2, 0) is 24.3 Å². The molecule has 2 rings (SSSR count). The van der Waals surface area contributed by atoms with Gasteiger partial charge in [0.2, 0.25) is 5.91 Å². The fraction of sp³-hybridized carbons (Fsp3) is 0.462. The van der Waals surface area contributed by atoms with E-state index in [4.69, 9.17) is 12.2 Å². The third-order valence-corrected chi connectivity index (χ3v) is 4.97. The summed E-state index contributed by atoms with van der Waals surface area (Å²) >= 11 is 10.3. The summed E-state index contributed by atoms with van der Waals surface area (Å²) in [5.74, 6) is 0.859. The van der Waals surface area contributed by atoms with Crippen molar-refractivity contribution in [2.24, 2.45) is 0 Å². The summed E-state index contributed by atoms with van der Waals surface area (Å²) in [6, 6.07) is 4.01. The van der Waals surface area contributed by atoms with E-state index in [1.54, 1.807) is 27.9 Å². The van der Waals surface area contributed by atoms with Crippen molar-refractivity contribution in [3.63, 3.8) is 0 Å². The molecule has 0 unspecified atom stereocenters. The maximum Gasteiger partial charge on any atom is 0.242 e. The zero-order valence-corrected chi connectivity index (χ0v) is 15.1. The molecular weight excluding hydrogens is 372 g/mol. The maximum absolute atomic E-state index is 12.3. The number of halogens is 1. The second kappa shape index (κ2) is 7.33. The van der Waals surface area contributed by atoms with Gasteiger partial charge in [0.1, 0.15) is 12.4 Å². The summed E-state index contributed by atoms with van der Waals surface area (Å²) < 4.78 is 3.35. The van der Waals surface area contributed by atoms with E-state index in [9.17, 15) is 4.79 Å². The van der Waals surface area contributed by atoms with E-state index < -0.39 is 0 Å². The minimum Gasteiger partial charge on any atom is -0.339 e. The highest BCUT2D eigenvalue weighted by molar-refractivity contribution is 9.11. The van der Waals surface area contributed by atoms with Gasteiger partial charge in [-0.1, -0.05) is 6.92 Å². The lowest BCUT2D eigenvalue weighted by atomic mass is 10.3. The Morgan fingerprint density at radius 1 is 1.57 bits per heavy atom. The van der Waals surface area contributed by atoms with Gasteiger partial charge in [0.05, 0.1) is 10.3 Å². The minimum absolute atomic E-state index is 0.0226. The molecule has 2 aromatic rings. The van der Waals surface area contributed by atoms with Crippen molar-refractivity contribution in [2.75, 3.05) is 7.05 Å². The van der Waals surface area contributed by atoms with Crippen molar-refractivity contribution >= 4 is 45.4 Å². The normalized spacial score (nSPS) is 10.8. The van der Waals surface area contributed by atoms with Crippen molar-refractivity contribution in [2.45, 2.75) is 32.9 Å². The summed E-state index contributed by atoms with van der Waals surface area (Å²) in [6.45, 7) is 2.90. The van der Waals surface area contributed by atoms with E-state index in [1.165, 1.54) is 0 Å². The Hall–Kier alpha value is -0.990. The molecule has 0 saturated carbocycles. The lowest BCUT2D eigenvalue weighted by molar-refractivity contribution is -0.131. The fourth-order valence-electron chi connectivity index (χ4n) is 1.94. The van der Waals surface area contributed by atoms with Crippen LogP contribution in [0, 0.1) is 4.77 Å². The third-order valence-electron chi connectivity index (χ3n) is 3.05. The molecule has 0 atom stereocenters. The number of nitrogens with one attached hydrogen (secondary N) is 1. The Kier molecular flexibility index (Phi) is 5.72. The van der Waals surface area contributed by atoms with Crippen molar-refractivity contribution < 1.29 is 4.79 Å². The van der Waals surface area contributed by atoms with Crippen molar-refractivity contribution in [3.05, 3.63) is 31.4 Å². The Balaban J connectivity index is 2.03. The van der Waals surface area contributed by atoms with E-state index in [0.29, 0.717) is 11.3 Å². The summed E-state index contributed by atoms with van der Waals surface area (Å²) in [4.78, 5) is 15.2. The highest BCUT2D eigenvalue weighted by Crippen LogP contribution is 2.23. The van der Waals surface area contributed by atoms with Crippen LogP contribution >= 0.6 is 39.5 Å². The van der Waals surface area contributed by atoms with Gasteiger partial charge in [-0.3, -0.25) is 14.5 Å². The number of likely N-dealkylation sites (N-methyl/N-ethyl adjacent to an activating group) is 1. The van der Waals surface area contributed by atoms with Crippen molar-refractivity contribution in [1.82, 2.24) is 19.7 Å². The highest BCUT2D eigenvalue weighted by atomic mass is 79.9. The second-order valence-corrected chi connectivity index (χ2v) is 7.67. The van der Waals surface area contributed by atoms with Crippen LogP contribution < -0.4 is 0 Å². The molecule has 2 aromatic heterocycles. The second-order valence-electron chi connectivity index (χ2n) is 4.74. The first kappa shape index (κ1) is 16.4. The quantitative estimate of drug-likeness (QED) is 0.771. The van der Waals surface area contributed by atoms with Gasteiger partial charge in [0.15, 0.2) is 4.77 Å². The van der Waals surface area contributed by atoms with Gasteiger partial charge in [-0.15, -0.1) is 11.3 Å². The van der Waals surface area contributed by atoms with E-state index in [2.05, 4.69) is 33.1 Å². The topological polar surface area (TPSA) is 53.9 Å². The molecule has 2 heterocycles. The van der Waals surface area contributed by atoms with Crippen LogP contribution in [0.5, 0.6) is 0 Å². The molecule has 1 N–H and O–H groups in total. The first-order valence-corrected chi connectivity index (χ1v) is 8.65. The number of rotatable bonds is 6. The molecule has 114 valence electrons. The first-order valence-electron chi connectivity index (χ1n) is 6.63. The number of amides is 1. The minimum atomic E-state index is 0.0226. The molecule has 0 aliphatic rings. The predicted molar refractivity (Wildman–Crippen MR) is 89.9 cm³/mol. The lowest BCUT2D eigenvalue weighted by Crippen LogP contribution is -2.30.